The molecule has 0 fully saturated rings. The summed E-state index contributed by atoms with van der Waals surface area (Å²) in [6.07, 6.45) is 2.78. The molecule has 0 unspecified atom stereocenters. The largest absolute Gasteiger partial charge is 0.375 e. The molecule has 138 valence electrons. The normalized spacial score (nSPS) is 11.4. The van der Waals surface area contributed by atoms with E-state index in [1.54, 1.807) is 11.3 Å². The zero-order valence-electron chi connectivity index (χ0n) is 14.2. The van der Waals surface area contributed by atoms with Crippen molar-refractivity contribution >= 4 is 51.1 Å². The second kappa shape index (κ2) is 8.21. The first-order valence-electron chi connectivity index (χ1n) is 8.34. The van der Waals surface area contributed by atoms with E-state index in [-0.39, 0.29) is 0 Å². The highest BCUT2D eigenvalue weighted by molar-refractivity contribution is 7.15. The minimum absolute atomic E-state index is 0.469. The summed E-state index contributed by atoms with van der Waals surface area (Å²) in [5.41, 5.74) is 4.07. The Labute approximate surface area is 176 Å². The van der Waals surface area contributed by atoms with Gasteiger partial charge in [0.2, 0.25) is 0 Å². The summed E-state index contributed by atoms with van der Waals surface area (Å²) in [5.74, 6) is 0. The van der Waals surface area contributed by atoms with Crippen LogP contribution in [0.2, 0.25) is 15.1 Å². The average molecular weight is 438 g/mol. The third kappa shape index (κ3) is 4.15. The molecule has 4 rings (SSSR count). The van der Waals surface area contributed by atoms with Crippen molar-refractivity contribution < 1.29 is 4.74 Å². The highest BCUT2D eigenvalue weighted by atomic mass is 35.5. The molecule has 0 aliphatic carbocycles. The monoisotopic (exact) mass is 436 g/mol. The Hall–Kier alpha value is -1.56. The molecule has 0 spiro atoms. The molecule has 2 heterocycles. The Balaban J connectivity index is 1.49. The number of rotatable bonds is 6. The first-order chi connectivity index (χ1) is 13.1. The van der Waals surface area contributed by atoms with Crippen LogP contribution in [0.4, 0.5) is 0 Å². The van der Waals surface area contributed by atoms with Crippen molar-refractivity contribution in [2.24, 2.45) is 0 Å². The summed E-state index contributed by atoms with van der Waals surface area (Å²) < 4.78 is 8.03. The molecule has 3 nitrogen and oxygen atoms in total. The van der Waals surface area contributed by atoms with E-state index in [4.69, 9.17) is 44.5 Å². The fourth-order valence-electron chi connectivity index (χ4n) is 2.86. The summed E-state index contributed by atoms with van der Waals surface area (Å²) in [5, 5.41) is 3.86. The smallest absolute Gasteiger partial charge is 0.194 e. The van der Waals surface area contributed by atoms with Gasteiger partial charge in [-0.3, -0.25) is 4.40 Å². The number of imidazole rings is 1. The second-order valence-corrected chi connectivity index (χ2v) is 8.14. The molecule has 7 heteroatoms. The zero-order valence-corrected chi connectivity index (χ0v) is 17.2. The molecule has 0 bridgehead atoms. The van der Waals surface area contributed by atoms with E-state index in [0.717, 1.165) is 33.9 Å². The molecular weight excluding hydrogens is 423 g/mol. The molecule has 0 saturated carbocycles. The number of benzene rings is 2. The summed E-state index contributed by atoms with van der Waals surface area (Å²) >= 11 is 19.6. The van der Waals surface area contributed by atoms with E-state index in [1.165, 1.54) is 0 Å². The molecule has 27 heavy (non-hydrogen) atoms. The van der Waals surface area contributed by atoms with Gasteiger partial charge in [0, 0.05) is 22.2 Å². The average Bonchev–Trinajstić information content (AvgIpc) is 3.24. The lowest BCUT2D eigenvalue weighted by atomic mass is 10.1. The Bertz CT molecular complexity index is 1070. The third-order valence-electron chi connectivity index (χ3n) is 4.24. The lowest BCUT2D eigenvalue weighted by Gasteiger charge is -2.07. The lowest BCUT2D eigenvalue weighted by molar-refractivity contribution is 0.121. The number of thiazole rings is 1. The molecule has 0 amide bonds. The van der Waals surface area contributed by atoms with Crippen LogP contribution in [0.15, 0.2) is 54.0 Å². The maximum atomic E-state index is 6.07. The third-order valence-corrected chi connectivity index (χ3v) is 5.98. The van der Waals surface area contributed by atoms with Gasteiger partial charge in [-0.25, -0.2) is 4.98 Å². The van der Waals surface area contributed by atoms with Gasteiger partial charge in [-0.1, -0.05) is 53.0 Å². The fourth-order valence-corrected chi connectivity index (χ4v) is 4.04. The van der Waals surface area contributed by atoms with Crippen LogP contribution in [-0.4, -0.2) is 16.0 Å². The van der Waals surface area contributed by atoms with Crippen molar-refractivity contribution in [1.29, 1.82) is 0 Å². The first-order valence-corrected chi connectivity index (χ1v) is 10.4. The number of nitrogens with zero attached hydrogens (tertiary/aromatic N) is 2. The van der Waals surface area contributed by atoms with Crippen molar-refractivity contribution in [3.05, 3.63) is 80.4 Å². The van der Waals surface area contributed by atoms with Crippen molar-refractivity contribution in [3.8, 4) is 11.3 Å². The van der Waals surface area contributed by atoms with E-state index in [1.807, 2.05) is 54.0 Å². The van der Waals surface area contributed by atoms with Gasteiger partial charge in [-0.2, -0.15) is 0 Å². The maximum Gasteiger partial charge on any atom is 0.194 e. The number of aromatic nitrogens is 2. The van der Waals surface area contributed by atoms with Crippen molar-refractivity contribution in [1.82, 2.24) is 9.38 Å². The van der Waals surface area contributed by atoms with Gasteiger partial charge < -0.3 is 4.74 Å². The Kier molecular flexibility index (Phi) is 5.71. The minimum atomic E-state index is 0.469. The Morgan fingerprint density at radius 1 is 1.00 bits per heavy atom. The second-order valence-electron chi connectivity index (χ2n) is 6.02. The Morgan fingerprint density at radius 2 is 1.81 bits per heavy atom. The van der Waals surface area contributed by atoms with Gasteiger partial charge in [0.25, 0.3) is 0 Å². The van der Waals surface area contributed by atoms with E-state index < -0.39 is 0 Å². The van der Waals surface area contributed by atoms with Crippen LogP contribution in [0.25, 0.3) is 16.2 Å². The van der Waals surface area contributed by atoms with Crippen molar-refractivity contribution in [2.75, 3.05) is 6.61 Å². The number of hydrogen-bond acceptors (Lipinski definition) is 3. The summed E-state index contributed by atoms with van der Waals surface area (Å²) in [4.78, 5) is 5.70. The van der Waals surface area contributed by atoms with E-state index in [0.29, 0.717) is 28.3 Å². The molecule has 2 aromatic heterocycles. The van der Waals surface area contributed by atoms with Crippen LogP contribution in [0.5, 0.6) is 0 Å². The summed E-state index contributed by atoms with van der Waals surface area (Å²) in [6.45, 7) is 1.05. The molecule has 0 N–H and O–H groups in total. The molecule has 2 aromatic carbocycles. The topological polar surface area (TPSA) is 26.5 Å². The molecule has 0 atom stereocenters. The number of ether oxygens (including phenoxy) is 1. The molecular formula is C20H15Cl3N2OS. The fraction of sp³-hybridized carbons (Fsp3) is 0.150. The zero-order chi connectivity index (χ0) is 18.8. The van der Waals surface area contributed by atoms with Gasteiger partial charge in [-0.15, -0.1) is 11.3 Å². The van der Waals surface area contributed by atoms with Gasteiger partial charge in [0.05, 0.1) is 34.6 Å². The standard InChI is InChI=1S/C20H15Cl3N2OS/c21-15-4-2-14(3-5-15)19-18(25-8-10-27-20(25)24-19)12-26-9-7-13-1-6-16(22)17(23)11-13/h1-6,8,10-11H,7,9,12H2. The first kappa shape index (κ1) is 18.8. The SMILES string of the molecule is Clc1ccc(-c2nc3sccn3c2COCCc2ccc(Cl)c(Cl)c2)cc1. The van der Waals surface area contributed by atoms with Gasteiger partial charge in [0.1, 0.15) is 0 Å². The molecule has 0 saturated heterocycles. The van der Waals surface area contributed by atoms with Crippen molar-refractivity contribution in [3.63, 3.8) is 0 Å². The molecule has 0 aliphatic rings. The van der Waals surface area contributed by atoms with E-state index in [2.05, 4.69) is 4.40 Å². The van der Waals surface area contributed by atoms with Crippen LogP contribution in [0.3, 0.4) is 0 Å². The summed E-state index contributed by atoms with van der Waals surface area (Å²) in [7, 11) is 0. The highest BCUT2D eigenvalue weighted by Gasteiger charge is 2.15. The van der Waals surface area contributed by atoms with Crippen molar-refractivity contribution in [2.45, 2.75) is 13.0 Å². The van der Waals surface area contributed by atoms with E-state index >= 15 is 0 Å². The Morgan fingerprint density at radius 3 is 2.59 bits per heavy atom. The van der Waals surface area contributed by atoms with Crippen LogP contribution >= 0.6 is 46.1 Å². The van der Waals surface area contributed by atoms with Crippen LogP contribution < -0.4 is 0 Å². The van der Waals surface area contributed by atoms with Gasteiger partial charge >= 0.3 is 0 Å². The summed E-state index contributed by atoms with van der Waals surface area (Å²) in [6, 6.07) is 13.4. The quantitative estimate of drug-likeness (QED) is 0.311. The predicted octanol–water partition coefficient (Wildman–Crippen LogP) is 6.78. The predicted molar refractivity (Wildman–Crippen MR) is 113 cm³/mol. The molecule has 0 radical (unpaired) electrons. The van der Waals surface area contributed by atoms with E-state index in [9.17, 15) is 0 Å². The molecule has 4 aromatic rings. The van der Waals surface area contributed by atoms with Gasteiger partial charge in [0.15, 0.2) is 4.96 Å². The maximum absolute atomic E-state index is 6.07. The van der Waals surface area contributed by atoms with Crippen LogP contribution in [0.1, 0.15) is 11.3 Å². The molecule has 0 aliphatic heterocycles. The number of hydrogen-bond donors (Lipinski definition) is 0. The lowest BCUT2D eigenvalue weighted by Crippen LogP contribution is -2.02. The number of halogens is 3. The highest BCUT2D eigenvalue weighted by Crippen LogP contribution is 2.28. The minimum Gasteiger partial charge on any atom is -0.375 e. The van der Waals surface area contributed by atoms with Gasteiger partial charge in [-0.05, 0) is 36.2 Å². The number of fused-ring (bicyclic) bond motifs is 1. The van der Waals surface area contributed by atoms with Crippen LogP contribution in [0, 0.1) is 0 Å². The van der Waals surface area contributed by atoms with Crippen LogP contribution in [-0.2, 0) is 17.8 Å².